The highest BCUT2D eigenvalue weighted by molar-refractivity contribution is 5.89. The van der Waals surface area contributed by atoms with Crippen molar-refractivity contribution >= 4 is 16.5 Å². The van der Waals surface area contributed by atoms with Crippen molar-refractivity contribution in [2.45, 2.75) is 13.0 Å². The summed E-state index contributed by atoms with van der Waals surface area (Å²) >= 11 is 0. The van der Waals surface area contributed by atoms with Gasteiger partial charge in [-0.15, -0.1) is 0 Å². The summed E-state index contributed by atoms with van der Waals surface area (Å²) in [5, 5.41) is 15.4. The maximum atomic E-state index is 12.8. The third-order valence-electron chi connectivity index (χ3n) is 3.51. The molecule has 2 aromatic carbocycles. The average Bonchev–Trinajstić information content (AvgIpc) is 2.50. The zero-order valence-corrected chi connectivity index (χ0v) is 11.5. The molecule has 21 heavy (non-hydrogen) atoms. The van der Waals surface area contributed by atoms with Gasteiger partial charge in [-0.2, -0.15) is 4.39 Å². The fourth-order valence-corrected chi connectivity index (χ4v) is 2.41. The molecular formula is C17H15FN2O. The lowest BCUT2D eigenvalue weighted by Crippen LogP contribution is -2.07. The van der Waals surface area contributed by atoms with Crippen molar-refractivity contribution < 1.29 is 9.50 Å². The number of pyridine rings is 1. The van der Waals surface area contributed by atoms with E-state index >= 15 is 0 Å². The van der Waals surface area contributed by atoms with E-state index in [1.54, 1.807) is 6.07 Å². The molecule has 106 valence electrons. The van der Waals surface area contributed by atoms with Crippen LogP contribution in [-0.4, -0.2) is 10.1 Å². The molecule has 3 nitrogen and oxygen atoms in total. The number of rotatable bonds is 3. The Bertz CT molecular complexity index is 771. The maximum Gasteiger partial charge on any atom is 0.212 e. The summed E-state index contributed by atoms with van der Waals surface area (Å²) < 4.78 is 12.8. The number of phenolic OH excluding ortho intramolecular Hbond substituents is 1. The van der Waals surface area contributed by atoms with Crippen molar-refractivity contribution in [3.63, 3.8) is 0 Å². The van der Waals surface area contributed by atoms with E-state index in [9.17, 15) is 9.50 Å². The highest BCUT2D eigenvalue weighted by Crippen LogP contribution is 2.33. The smallest absolute Gasteiger partial charge is 0.212 e. The SMILES string of the molecule is CC(Nc1ccc(F)nc1)c1ccc2ccccc2c1O. The van der Waals surface area contributed by atoms with Crippen LogP contribution in [0.2, 0.25) is 0 Å². The van der Waals surface area contributed by atoms with Crippen LogP contribution in [0.1, 0.15) is 18.5 Å². The van der Waals surface area contributed by atoms with Gasteiger partial charge >= 0.3 is 0 Å². The van der Waals surface area contributed by atoms with Crippen molar-refractivity contribution in [3.05, 3.63) is 66.2 Å². The molecule has 4 heteroatoms. The van der Waals surface area contributed by atoms with Gasteiger partial charge in [-0.1, -0.05) is 36.4 Å². The van der Waals surface area contributed by atoms with E-state index in [4.69, 9.17) is 0 Å². The van der Waals surface area contributed by atoms with Crippen molar-refractivity contribution in [1.29, 1.82) is 0 Å². The Morgan fingerprint density at radius 3 is 2.67 bits per heavy atom. The van der Waals surface area contributed by atoms with Crippen LogP contribution in [-0.2, 0) is 0 Å². The largest absolute Gasteiger partial charge is 0.507 e. The van der Waals surface area contributed by atoms with Gasteiger partial charge in [-0.3, -0.25) is 0 Å². The van der Waals surface area contributed by atoms with Gasteiger partial charge < -0.3 is 10.4 Å². The Kier molecular flexibility index (Phi) is 3.44. The summed E-state index contributed by atoms with van der Waals surface area (Å²) in [7, 11) is 0. The number of halogens is 1. The second kappa shape index (κ2) is 5.40. The first kappa shape index (κ1) is 13.4. The van der Waals surface area contributed by atoms with Gasteiger partial charge in [0, 0.05) is 10.9 Å². The third-order valence-corrected chi connectivity index (χ3v) is 3.51. The van der Waals surface area contributed by atoms with Crippen molar-refractivity contribution in [3.8, 4) is 5.75 Å². The minimum atomic E-state index is -0.512. The molecule has 0 aliphatic rings. The van der Waals surface area contributed by atoms with E-state index in [0.29, 0.717) is 5.69 Å². The molecule has 1 atom stereocenters. The Labute approximate surface area is 122 Å². The van der Waals surface area contributed by atoms with Crippen LogP contribution < -0.4 is 5.32 Å². The summed E-state index contributed by atoms with van der Waals surface area (Å²) in [6.45, 7) is 1.94. The number of aromatic nitrogens is 1. The summed E-state index contributed by atoms with van der Waals surface area (Å²) in [6.07, 6.45) is 1.43. The molecular weight excluding hydrogens is 267 g/mol. The van der Waals surface area contributed by atoms with Gasteiger partial charge in [0.15, 0.2) is 0 Å². The van der Waals surface area contributed by atoms with Crippen LogP contribution in [0.25, 0.3) is 10.8 Å². The van der Waals surface area contributed by atoms with Crippen molar-refractivity contribution in [2.24, 2.45) is 0 Å². The monoisotopic (exact) mass is 282 g/mol. The van der Waals surface area contributed by atoms with Crippen molar-refractivity contribution in [2.75, 3.05) is 5.32 Å². The van der Waals surface area contributed by atoms with Gasteiger partial charge in [-0.25, -0.2) is 4.98 Å². The molecule has 1 unspecified atom stereocenters. The first-order valence-corrected chi connectivity index (χ1v) is 6.74. The molecule has 0 bridgehead atoms. The Hall–Kier alpha value is -2.62. The second-order valence-electron chi connectivity index (χ2n) is 4.96. The number of hydrogen-bond acceptors (Lipinski definition) is 3. The highest BCUT2D eigenvalue weighted by atomic mass is 19.1. The molecule has 0 saturated heterocycles. The van der Waals surface area contributed by atoms with E-state index in [1.807, 2.05) is 43.3 Å². The lowest BCUT2D eigenvalue weighted by molar-refractivity contribution is 0.472. The predicted octanol–water partition coefficient (Wildman–Crippen LogP) is 4.25. The third kappa shape index (κ3) is 2.65. The van der Waals surface area contributed by atoms with E-state index in [1.165, 1.54) is 12.3 Å². The molecule has 0 spiro atoms. The summed E-state index contributed by atoms with van der Waals surface area (Å²) in [6, 6.07) is 14.4. The topological polar surface area (TPSA) is 45.2 Å². The summed E-state index contributed by atoms with van der Waals surface area (Å²) in [5.41, 5.74) is 1.49. The van der Waals surface area contributed by atoms with Crippen LogP contribution in [0.5, 0.6) is 5.75 Å². The molecule has 3 rings (SSSR count). The average molecular weight is 282 g/mol. The minimum absolute atomic E-state index is 0.123. The van der Waals surface area contributed by atoms with Crippen molar-refractivity contribution in [1.82, 2.24) is 4.98 Å². The number of phenols is 1. The highest BCUT2D eigenvalue weighted by Gasteiger charge is 2.13. The molecule has 1 aromatic heterocycles. The predicted molar refractivity (Wildman–Crippen MR) is 81.8 cm³/mol. The number of nitrogens with one attached hydrogen (secondary N) is 1. The molecule has 2 N–H and O–H groups in total. The van der Waals surface area contributed by atoms with Gasteiger partial charge in [0.25, 0.3) is 0 Å². The fourth-order valence-electron chi connectivity index (χ4n) is 2.41. The van der Waals surface area contributed by atoms with Crippen LogP contribution in [0.3, 0.4) is 0 Å². The second-order valence-corrected chi connectivity index (χ2v) is 4.96. The number of benzene rings is 2. The standard InChI is InChI=1S/C17H15FN2O/c1-11(20-13-7-9-16(18)19-10-13)14-8-6-12-4-2-3-5-15(12)17(14)21/h2-11,20-21H,1H3. The zero-order valence-electron chi connectivity index (χ0n) is 11.5. The number of anilines is 1. The van der Waals surface area contributed by atoms with Gasteiger partial charge in [0.05, 0.1) is 17.9 Å². The summed E-state index contributed by atoms with van der Waals surface area (Å²) in [5.74, 6) is -0.245. The van der Waals surface area contributed by atoms with E-state index in [0.717, 1.165) is 16.3 Å². The normalized spacial score (nSPS) is 12.3. The summed E-state index contributed by atoms with van der Waals surface area (Å²) in [4.78, 5) is 3.61. The molecule has 0 aliphatic heterocycles. The van der Waals surface area contributed by atoms with Crippen LogP contribution in [0.4, 0.5) is 10.1 Å². The quantitative estimate of drug-likeness (QED) is 0.706. The Balaban J connectivity index is 1.92. The fraction of sp³-hybridized carbons (Fsp3) is 0.118. The lowest BCUT2D eigenvalue weighted by atomic mass is 10.0. The number of aromatic hydroxyl groups is 1. The number of fused-ring (bicyclic) bond motifs is 1. The lowest BCUT2D eigenvalue weighted by Gasteiger charge is -2.17. The van der Waals surface area contributed by atoms with Crippen LogP contribution in [0.15, 0.2) is 54.7 Å². The molecule has 0 amide bonds. The molecule has 3 aromatic rings. The molecule has 0 aliphatic carbocycles. The van der Waals surface area contributed by atoms with E-state index in [-0.39, 0.29) is 11.8 Å². The van der Waals surface area contributed by atoms with Crippen LogP contribution in [0, 0.1) is 5.95 Å². The molecule has 1 heterocycles. The van der Waals surface area contributed by atoms with Crippen LogP contribution >= 0.6 is 0 Å². The molecule has 0 fully saturated rings. The Morgan fingerprint density at radius 2 is 1.90 bits per heavy atom. The minimum Gasteiger partial charge on any atom is -0.507 e. The molecule has 0 saturated carbocycles. The number of hydrogen-bond donors (Lipinski definition) is 2. The number of nitrogens with zero attached hydrogens (tertiary/aromatic N) is 1. The van der Waals surface area contributed by atoms with Gasteiger partial charge in [-0.05, 0) is 24.4 Å². The van der Waals surface area contributed by atoms with Gasteiger partial charge in [0.2, 0.25) is 5.95 Å². The Morgan fingerprint density at radius 1 is 1.10 bits per heavy atom. The maximum absolute atomic E-state index is 12.8. The first-order valence-electron chi connectivity index (χ1n) is 6.74. The first-order chi connectivity index (χ1) is 10.1. The van der Waals surface area contributed by atoms with E-state index < -0.39 is 5.95 Å². The zero-order chi connectivity index (χ0) is 14.8. The van der Waals surface area contributed by atoms with Gasteiger partial charge in [0.1, 0.15) is 5.75 Å². The van der Waals surface area contributed by atoms with E-state index in [2.05, 4.69) is 10.3 Å². The molecule has 0 radical (unpaired) electrons.